The molecule has 4 rings (SSSR count). The number of anilines is 1. The van der Waals surface area contributed by atoms with Crippen molar-refractivity contribution in [1.29, 1.82) is 0 Å². The maximum atomic E-state index is 14.6. The SMILES string of the molecule is CCCCNC(=O)C(Cc1ccccc1)N(Cc1ccc(Cl)c(Cl)c1)C(=O)CN(c1ccc(C)cc1)S(=O)(=O)c1ccc(OCC)cc1. The molecule has 4 aromatic carbocycles. The van der Waals surface area contributed by atoms with Crippen LogP contribution >= 0.6 is 23.2 Å². The van der Waals surface area contributed by atoms with Crippen LogP contribution < -0.4 is 14.4 Å². The minimum absolute atomic E-state index is 0.00601. The fourth-order valence-electron chi connectivity index (χ4n) is 5.14. The molecule has 0 aliphatic carbocycles. The highest BCUT2D eigenvalue weighted by molar-refractivity contribution is 7.92. The molecule has 0 saturated carbocycles. The van der Waals surface area contributed by atoms with Crippen LogP contribution in [0.3, 0.4) is 0 Å². The summed E-state index contributed by atoms with van der Waals surface area (Å²) in [7, 11) is -4.24. The van der Waals surface area contributed by atoms with Gasteiger partial charge in [0.2, 0.25) is 11.8 Å². The molecule has 48 heavy (non-hydrogen) atoms. The fourth-order valence-corrected chi connectivity index (χ4v) is 6.87. The average molecular weight is 711 g/mol. The second kappa shape index (κ2) is 17.4. The van der Waals surface area contributed by atoms with Gasteiger partial charge in [-0.25, -0.2) is 8.42 Å². The van der Waals surface area contributed by atoms with Crippen molar-refractivity contribution in [3.05, 3.63) is 124 Å². The lowest BCUT2D eigenvalue weighted by Gasteiger charge is -2.34. The van der Waals surface area contributed by atoms with E-state index in [4.69, 9.17) is 27.9 Å². The molecule has 0 aromatic heterocycles. The molecule has 0 saturated heterocycles. The number of hydrogen-bond donors (Lipinski definition) is 1. The lowest BCUT2D eigenvalue weighted by atomic mass is 10.0. The first-order chi connectivity index (χ1) is 23.0. The molecule has 1 unspecified atom stereocenters. The summed E-state index contributed by atoms with van der Waals surface area (Å²) in [5.74, 6) is -0.375. The maximum absolute atomic E-state index is 14.6. The van der Waals surface area contributed by atoms with Crippen molar-refractivity contribution in [3.63, 3.8) is 0 Å². The van der Waals surface area contributed by atoms with E-state index in [2.05, 4.69) is 5.32 Å². The van der Waals surface area contributed by atoms with Crippen LogP contribution in [0.1, 0.15) is 43.4 Å². The van der Waals surface area contributed by atoms with Gasteiger partial charge in [-0.15, -0.1) is 0 Å². The van der Waals surface area contributed by atoms with Gasteiger partial charge >= 0.3 is 0 Å². The highest BCUT2D eigenvalue weighted by Crippen LogP contribution is 2.28. The first-order valence-corrected chi connectivity index (χ1v) is 18.1. The molecule has 4 aromatic rings. The molecule has 0 heterocycles. The van der Waals surface area contributed by atoms with Gasteiger partial charge in [0.25, 0.3) is 10.0 Å². The second-order valence-electron chi connectivity index (χ2n) is 11.4. The number of sulfonamides is 1. The Morgan fingerprint density at radius 1 is 0.854 bits per heavy atom. The highest BCUT2D eigenvalue weighted by atomic mass is 35.5. The number of aryl methyl sites for hydroxylation is 1. The molecule has 0 radical (unpaired) electrons. The summed E-state index contributed by atoms with van der Waals surface area (Å²) < 4.78 is 35.1. The molecule has 0 aliphatic heterocycles. The summed E-state index contributed by atoms with van der Waals surface area (Å²) in [5, 5.41) is 3.63. The highest BCUT2D eigenvalue weighted by Gasteiger charge is 2.34. The Hall–Kier alpha value is -4.05. The van der Waals surface area contributed by atoms with Crippen LogP contribution in [0, 0.1) is 6.92 Å². The van der Waals surface area contributed by atoms with Crippen LogP contribution in [0.4, 0.5) is 5.69 Å². The van der Waals surface area contributed by atoms with Gasteiger partial charge < -0.3 is 15.0 Å². The number of rotatable bonds is 16. The van der Waals surface area contributed by atoms with Gasteiger partial charge in [-0.2, -0.15) is 0 Å². The summed E-state index contributed by atoms with van der Waals surface area (Å²) >= 11 is 12.6. The van der Waals surface area contributed by atoms with Crippen LogP contribution in [0.15, 0.2) is 102 Å². The van der Waals surface area contributed by atoms with Gasteiger partial charge in [-0.1, -0.05) is 90.6 Å². The Labute approximate surface area is 293 Å². The third kappa shape index (κ3) is 9.75. The Kier molecular flexibility index (Phi) is 13.3. The molecule has 254 valence electrons. The quantitative estimate of drug-likeness (QED) is 0.122. The molecule has 1 atom stereocenters. The maximum Gasteiger partial charge on any atom is 0.264 e. The molecule has 0 bridgehead atoms. The van der Waals surface area contributed by atoms with E-state index in [1.807, 2.05) is 51.1 Å². The van der Waals surface area contributed by atoms with Crippen LogP contribution in [-0.4, -0.2) is 50.9 Å². The van der Waals surface area contributed by atoms with Gasteiger partial charge in [-0.05, 0) is 79.9 Å². The van der Waals surface area contributed by atoms with Gasteiger partial charge in [-0.3, -0.25) is 13.9 Å². The van der Waals surface area contributed by atoms with Crippen LogP contribution in [0.25, 0.3) is 0 Å². The van der Waals surface area contributed by atoms with Crippen LogP contribution in [-0.2, 0) is 32.6 Å². The summed E-state index contributed by atoms with van der Waals surface area (Å²) in [6.45, 7) is 6.06. The Balaban J connectivity index is 1.79. The average Bonchev–Trinajstić information content (AvgIpc) is 3.08. The van der Waals surface area contributed by atoms with Crippen molar-refractivity contribution >= 4 is 50.7 Å². The molecular weight excluding hydrogens is 669 g/mol. The number of carbonyl (C=O) groups is 2. The Morgan fingerprint density at radius 2 is 1.54 bits per heavy atom. The first-order valence-electron chi connectivity index (χ1n) is 15.9. The molecule has 11 heteroatoms. The van der Waals surface area contributed by atoms with E-state index >= 15 is 0 Å². The fraction of sp³-hybridized carbons (Fsp3) is 0.297. The molecule has 0 fully saturated rings. The number of unbranched alkanes of at least 4 members (excludes halogenated alkanes) is 1. The third-order valence-electron chi connectivity index (χ3n) is 7.76. The molecule has 0 spiro atoms. The summed E-state index contributed by atoms with van der Waals surface area (Å²) in [4.78, 5) is 29.9. The summed E-state index contributed by atoms with van der Waals surface area (Å²) in [5.41, 5.74) is 2.71. The zero-order chi connectivity index (χ0) is 34.7. The largest absolute Gasteiger partial charge is 0.494 e. The van der Waals surface area contributed by atoms with E-state index in [-0.39, 0.29) is 23.8 Å². The standard InChI is InChI=1S/C37H41Cl2N3O5S/c1-4-6-22-40-37(44)35(24-28-10-8-7-9-11-28)41(25-29-14-21-33(38)34(39)23-29)36(43)26-42(30-15-12-27(3)13-16-30)48(45,46)32-19-17-31(18-20-32)47-5-2/h7-21,23,35H,4-6,22,24-26H2,1-3H3,(H,40,44). The zero-order valence-electron chi connectivity index (χ0n) is 27.4. The minimum Gasteiger partial charge on any atom is -0.494 e. The normalized spacial score (nSPS) is 11.9. The topological polar surface area (TPSA) is 96.0 Å². The van der Waals surface area contributed by atoms with Crippen molar-refractivity contribution in [2.45, 2.75) is 57.5 Å². The van der Waals surface area contributed by atoms with Crippen molar-refractivity contribution in [2.75, 3.05) is 24.0 Å². The van der Waals surface area contributed by atoms with Crippen LogP contribution in [0.2, 0.25) is 10.0 Å². The van der Waals surface area contributed by atoms with Crippen LogP contribution in [0.5, 0.6) is 5.75 Å². The van der Waals surface area contributed by atoms with Crippen molar-refractivity contribution in [3.8, 4) is 5.75 Å². The number of nitrogens with one attached hydrogen (secondary N) is 1. The smallest absolute Gasteiger partial charge is 0.264 e. The third-order valence-corrected chi connectivity index (χ3v) is 10.3. The van der Waals surface area contributed by atoms with E-state index < -0.39 is 28.5 Å². The lowest BCUT2D eigenvalue weighted by molar-refractivity contribution is -0.140. The van der Waals surface area contributed by atoms with Gasteiger partial charge in [0, 0.05) is 19.5 Å². The predicted molar refractivity (Wildman–Crippen MR) is 192 cm³/mol. The number of halogens is 2. The predicted octanol–water partition coefficient (Wildman–Crippen LogP) is 7.45. The molecule has 2 amide bonds. The van der Waals surface area contributed by atoms with Gasteiger partial charge in [0.05, 0.1) is 27.2 Å². The number of benzene rings is 4. The van der Waals surface area contributed by atoms with E-state index in [0.717, 1.165) is 28.3 Å². The van der Waals surface area contributed by atoms with Gasteiger partial charge in [0.1, 0.15) is 18.3 Å². The minimum atomic E-state index is -4.24. The van der Waals surface area contributed by atoms with Crippen molar-refractivity contribution < 1.29 is 22.7 Å². The van der Waals surface area contributed by atoms with E-state index in [0.29, 0.717) is 40.2 Å². The molecule has 8 nitrogen and oxygen atoms in total. The second-order valence-corrected chi connectivity index (χ2v) is 14.0. The summed E-state index contributed by atoms with van der Waals surface area (Å²) in [6, 6.07) is 26.4. The number of carbonyl (C=O) groups excluding carboxylic acids is 2. The lowest BCUT2D eigenvalue weighted by Crippen LogP contribution is -2.53. The van der Waals surface area contributed by atoms with E-state index in [1.165, 1.54) is 17.0 Å². The van der Waals surface area contributed by atoms with E-state index in [9.17, 15) is 18.0 Å². The Morgan fingerprint density at radius 3 is 2.17 bits per heavy atom. The summed E-state index contributed by atoms with van der Waals surface area (Å²) in [6.07, 6.45) is 1.86. The molecule has 0 aliphatic rings. The molecule has 1 N–H and O–H groups in total. The van der Waals surface area contributed by atoms with Crippen molar-refractivity contribution in [1.82, 2.24) is 10.2 Å². The number of ether oxygens (including phenoxy) is 1. The number of hydrogen-bond acceptors (Lipinski definition) is 5. The van der Waals surface area contributed by atoms with Gasteiger partial charge in [0.15, 0.2) is 0 Å². The first kappa shape index (κ1) is 36.8. The molecular formula is C37H41Cl2N3O5S. The number of nitrogens with zero attached hydrogens (tertiary/aromatic N) is 2. The Bertz CT molecular complexity index is 1770. The monoisotopic (exact) mass is 709 g/mol. The zero-order valence-corrected chi connectivity index (χ0v) is 29.7. The number of amides is 2. The van der Waals surface area contributed by atoms with Crippen molar-refractivity contribution in [2.24, 2.45) is 0 Å². The van der Waals surface area contributed by atoms with E-state index in [1.54, 1.807) is 54.6 Å².